The van der Waals surface area contributed by atoms with Crippen molar-refractivity contribution in [2.45, 2.75) is 6.92 Å². The minimum atomic E-state index is 0.481. The number of hydrogen-bond acceptors (Lipinski definition) is 4. The standard InChI is InChI=1S/C16H12Cl2N4S/c1-10-15(23-22-21-10)16(19-11-5-3-2-4-6-11)20-12-7-8-13(17)14(18)9-12/h2-9H,1H3,(H,19,20). The molecule has 0 unspecified atom stereocenters. The highest BCUT2D eigenvalue weighted by Crippen LogP contribution is 2.26. The SMILES string of the molecule is Cc1nnsc1C(=Nc1ccccc1)Nc1ccc(Cl)c(Cl)c1. The summed E-state index contributed by atoms with van der Waals surface area (Å²) >= 11 is 13.3. The molecule has 1 heterocycles. The number of halogens is 2. The molecule has 23 heavy (non-hydrogen) atoms. The molecule has 7 heteroatoms. The molecule has 0 radical (unpaired) electrons. The number of nitrogens with zero attached hydrogens (tertiary/aromatic N) is 3. The van der Waals surface area contributed by atoms with Crippen molar-refractivity contribution in [2.24, 2.45) is 4.99 Å². The lowest BCUT2D eigenvalue weighted by Crippen LogP contribution is -2.13. The second kappa shape index (κ2) is 7.08. The van der Waals surface area contributed by atoms with Gasteiger partial charge in [0.15, 0.2) is 5.84 Å². The number of aryl methyl sites for hydroxylation is 1. The van der Waals surface area contributed by atoms with E-state index in [9.17, 15) is 0 Å². The molecular formula is C16H12Cl2N4S. The predicted octanol–water partition coefficient (Wildman–Crippen LogP) is 5.34. The third-order valence-electron chi connectivity index (χ3n) is 3.05. The molecule has 0 amide bonds. The van der Waals surface area contributed by atoms with Gasteiger partial charge in [-0.3, -0.25) is 0 Å². The number of aliphatic imine (C=N–C) groups is 1. The van der Waals surface area contributed by atoms with Crippen LogP contribution in [0.4, 0.5) is 11.4 Å². The Labute approximate surface area is 148 Å². The third kappa shape index (κ3) is 3.88. The van der Waals surface area contributed by atoms with Gasteiger partial charge < -0.3 is 5.32 Å². The van der Waals surface area contributed by atoms with Gasteiger partial charge in [-0.2, -0.15) is 0 Å². The van der Waals surface area contributed by atoms with Gasteiger partial charge in [0.1, 0.15) is 4.88 Å². The molecular weight excluding hydrogens is 351 g/mol. The van der Waals surface area contributed by atoms with Gasteiger partial charge >= 0.3 is 0 Å². The number of rotatable bonds is 3. The van der Waals surface area contributed by atoms with Gasteiger partial charge in [0.2, 0.25) is 0 Å². The van der Waals surface area contributed by atoms with E-state index in [4.69, 9.17) is 23.2 Å². The minimum absolute atomic E-state index is 0.481. The Kier molecular flexibility index (Phi) is 4.91. The second-order valence-corrected chi connectivity index (χ2v) is 6.31. The fraction of sp³-hybridized carbons (Fsp3) is 0.0625. The molecule has 3 aromatic rings. The Morgan fingerprint density at radius 2 is 1.87 bits per heavy atom. The summed E-state index contributed by atoms with van der Waals surface area (Å²) in [5.74, 6) is 0.669. The molecule has 4 nitrogen and oxygen atoms in total. The zero-order valence-corrected chi connectivity index (χ0v) is 14.5. The molecule has 0 spiro atoms. The van der Waals surface area contributed by atoms with Crippen LogP contribution in [0.5, 0.6) is 0 Å². The number of nitrogens with one attached hydrogen (secondary N) is 1. The van der Waals surface area contributed by atoms with Gasteiger partial charge in [-0.15, -0.1) is 5.10 Å². The summed E-state index contributed by atoms with van der Waals surface area (Å²) in [5, 5.41) is 8.32. The van der Waals surface area contributed by atoms with Gasteiger partial charge in [0.05, 0.1) is 21.4 Å². The van der Waals surface area contributed by atoms with Crippen LogP contribution in [0, 0.1) is 6.92 Å². The van der Waals surface area contributed by atoms with E-state index in [1.165, 1.54) is 11.5 Å². The number of amidine groups is 1. The van der Waals surface area contributed by atoms with Crippen molar-refractivity contribution in [3.63, 3.8) is 0 Å². The summed E-state index contributed by atoms with van der Waals surface area (Å²) in [6.45, 7) is 1.90. The van der Waals surface area contributed by atoms with Gasteiger partial charge in [0, 0.05) is 5.69 Å². The summed E-state index contributed by atoms with van der Waals surface area (Å²) in [5.41, 5.74) is 2.45. The lowest BCUT2D eigenvalue weighted by molar-refractivity contribution is 1.09. The van der Waals surface area contributed by atoms with Gasteiger partial charge in [-0.25, -0.2) is 4.99 Å². The monoisotopic (exact) mass is 362 g/mol. The fourth-order valence-corrected chi connectivity index (χ4v) is 2.83. The van der Waals surface area contributed by atoms with Gasteiger partial charge in [0.25, 0.3) is 0 Å². The number of aromatic nitrogens is 2. The number of hydrogen-bond donors (Lipinski definition) is 1. The van der Waals surface area contributed by atoms with Crippen molar-refractivity contribution in [3.05, 3.63) is 69.1 Å². The fourth-order valence-electron chi connectivity index (χ4n) is 1.93. The highest BCUT2D eigenvalue weighted by atomic mass is 35.5. The molecule has 116 valence electrons. The number of benzene rings is 2. The summed E-state index contributed by atoms with van der Waals surface area (Å²) in [6.07, 6.45) is 0. The van der Waals surface area contributed by atoms with E-state index in [0.29, 0.717) is 15.9 Å². The maximum atomic E-state index is 6.08. The molecule has 1 aromatic heterocycles. The van der Waals surface area contributed by atoms with E-state index in [1.807, 2.05) is 43.3 Å². The molecule has 0 aliphatic heterocycles. The van der Waals surface area contributed by atoms with Crippen molar-refractivity contribution in [2.75, 3.05) is 5.32 Å². The molecule has 0 saturated carbocycles. The third-order valence-corrected chi connectivity index (χ3v) is 4.62. The summed E-state index contributed by atoms with van der Waals surface area (Å²) < 4.78 is 3.98. The van der Waals surface area contributed by atoms with E-state index in [2.05, 4.69) is 19.9 Å². The molecule has 0 bridgehead atoms. The van der Waals surface area contributed by atoms with Crippen LogP contribution in [0.3, 0.4) is 0 Å². The average Bonchev–Trinajstić information content (AvgIpc) is 2.97. The van der Waals surface area contributed by atoms with E-state index in [-0.39, 0.29) is 0 Å². The Balaban J connectivity index is 2.00. The summed E-state index contributed by atoms with van der Waals surface area (Å²) in [6, 6.07) is 15.0. The van der Waals surface area contributed by atoms with Crippen molar-refractivity contribution in [3.8, 4) is 0 Å². The maximum absolute atomic E-state index is 6.08. The zero-order valence-electron chi connectivity index (χ0n) is 12.1. The highest BCUT2D eigenvalue weighted by molar-refractivity contribution is 7.08. The normalized spacial score (nSPS) is 11.5. The Bertz CT molecular complexity index is 846. The van der Waals surface area contributed by atoms with Crippen LogP contribution in [0.15, 0.2) is 53.5 Å². The summed E-state index contributed by atoms with van der Waals surface area (Å²) in [4.78, 5) is 5.54. The van der Waals surface area contributed by atoms with Gasteiger partial charge in [-0.05, 0) is 48.8 Å². The van der Waals surface area contributed by atoms with E-state index < -0.39 is 0 Å². The van der Waals surface area contributed by atoms with E-state index >= 15 is 0 Å². The Morgan fingerprint density at radius 3 is 2.52 bits per heavy atom. The molecule has 1 N–H and O–H groups in total. The van der Waals surface area contributed by atoms with Gasteiger partial charge in [-0.1, -0.05) is 45.9 Å². The molecule has 0 aliphatic rings. The van der Waals surface area contributed by atoms with Crippen LogP contribution in [0.2, 0.25) is 10.0 Å². The second-order valence-electron chi connectivity index (χ2n) is 4.74. The molecule has 2 aromatic carbocycles. The first kappa shape index (κ1) is 15.9. The van der Waals surface area contributed by atoms with Crippen LogP contribution >= 0.6 is 34.7 Å². The van der Waals surface area contributed by atoms with Crippen LogP contribution in [0.1, 0.15) is 10.6 Å². The molecule has 3 rings (SSSR count). The van der Waals surface area contributed by atoms with Crippen molar-refractivity contribution >= 4 is 51.9 Å². The van der Waals surface area contributed by atoms with Crippen LogP contribution in [0.25, 0.3) is 0 Å². The lowest BCUT2D eigenvalue weighted by atomic mass is 10.3. The first-order valence-electron chi connectivity index (χ1n) is 6.78. The first-order chi connectivity index (χ1) is 11.1. The highest BCUT2D eigenvalue weighted by Gasteiger charge is 2.12. The van der Waals surface area contributed by atoms with Crippen molar-refractivity contribution in [1.29, 1.82) is 0 Å². The van der Waals surface area contributed by atoms with E-state index in [0.717, 1.165) is 21.9 Å². The molecule has 0 fully saturated rings. The quantitative estimate of drug-likeness (QED) is 0.505. The average molecular weight is 363 g/mol. The van der Waals surface area contributed by atoms with Crippen LogP contribution in [-0.4, -0.2) is 15.4 Å². The Hall–Kier alpha value is -1.95. The molecule has 0 aliphatic carbocycles. The number of para-hydroxylation sites is 1. The minimum Gasteiger partial charge on any atom is -0.339 e. The number of anilines is 1. The van der Waals surface area contributed by atoms with E-state index in [1.54, 1.807) is 12.1 Å². The topological polar surface area (TPSA) is 50.2 Å². The van der Waals surface area contributed by atoms with Crippen molar-refractivity contribution < 1.29 is 0 Å². The lowest BCUT2D eigenvalue weighted by Gasteiger charge is -2.10. The Morgan fingerprint density at radius 1 is 1.09 bits per heavy atom. The largest absolute Gasteiger partial charge is 0.339 e. The van der Waals surface area contributed by atoms with Crippen LogP contribution < -0.4 is 5.32 Å². The smallest absolute Gasteiger partial charge is 0.152 e. The molecule has 0 saturated heterocycles. The predicted molar refractivity (Wildman–Crippen MR) is 97.4 cm³/mol. The zero-order chi connectivity index (χ0) is 16.2. The van der Waals surface area contributed by atoms with Crippen LogP contribution in [-0.2, 0) is 0 Å². The first-order valence-corrected chi connectivity index (χ1v) is 8.31. The summed E-state index contributed by atoms with van der Waals surface area (Å²) in [7, 11) is 0. The molecule has 0 atom stereocenters. The van der Waals surface area contributed by atoms with Crippen molar-refractivity contribution in [1.82, 2.24) is 9.59 Å². The maximum Gasteiger partial charge on any atom is 0.152 e.